The summed E-state index contributed by atoms with van der Waals surface area (Å²) in [5.41, 5.74) is 6.10. The zero-order valence-electron chi connectivity index (χ0n) is 9.85. The fourth-order valence-electron chi connectivity index (χ4n) is 2.11. The molecule has 0 bridgehead atoms. The molecule has 5 nitrogen and oxygen atoms in total. The van der Waals surface area contributed by atoms with E-state index in [-0.39, 0.29) is 17.5 Å². The van der Waals surface area contributed by atoms with Crippen LogP contribution in [0.4, 0.5) is 0 Å². The van der Waals surface area contributed by atoms with Crippen molar-refractivity contribution in [3.05, 3.63) is 34.2 Å². The second kappa shape index (κ2) is 4.71. The number of piperidine rings is 1. The number of nitrogens with one attached hydrogen (secondary N) is 1. The lowest BCUT2D eigenvalue weighted by Crippen LogP contribution is -2.48. The molecule has 0 aromatic carbocycles. The summed E-state index contributed by atoms with van der Waals surface area (Å²) in [7, 11) is 0. The Kier molecular flexibility index (Phi) is 3.28. The molecule has 1 aliphatic heterocycles. The first-order valence-electron chi connectivity index (χ1n) is 5.81. The fraction of sp³-hybridized carbons (Fsp3) is 0.500. The van der Waals surface area contributed by atoms with Crippen molar-refractivity contribution in [1.82, 2.24) is 9.88 Å². The maximum absolute atomic E-state index is 12.1. The molecule has 2 rings (SSSR count). The van der Waals surface area contributed by atoms with Crippen molar-refractivity contribution in [1.29, 1.82) is 0 Å². The summed E-state index contributed by atoms with van der Waals surface area (Å²) in [4.78, 5) is 27.5. The number of pyridine rings is 1. The van der Waals surface area contributed by atoms with Crippen LogP contribution < -0.4 is 11.3 Å². The lowest BCUT2D eigenvalue weighted by atomic mass is 9.94. The van der Waals surface area contributed by atoms with Crippen LogP contribution in [0.5, 0.6) is 0 Å². The third-order valence-electron chi connectivity index (χ3n) is 3.28. The SMILES string of the molecule is CC1CN(C(=O)c2cc[nH]c(=O)c2)CCC1N. The molecule has 17 heavy (non-hydrogen) atoms. The van der Waals surface area contributed by atoms with Crippen LogP contribution in [0.15, 0.2) is 23.1 Å². The summed E-state index contributed by atoms with van der Waals surface area (Å²) in [5.74, 6) is 0.213. The summed E-state index contributed by atoms with van der Waals surface area (Å²) in [5, 5.41) is 0. The molecule has 0 radical (unpaired) electrons. The van der Waals surface area contributed by atoms with E-state index in [1.165, 1.54) is 12.3 Å². The van der Waals surface area contributed by atoms with Crippen LogP contribution in [0.2, 0.25) is 0 Å². The quantitative estimate of drug-likeness (QED) is 0.729. The average molecular weight is 235 g/mol. The summed E-state index contributed by atoms with van der Waals surface area (Å²) in [6.07, 6.45) is 2.31. The summed E-state index contributed by atoms with van der Waals surface area (Å²) >= 11 is 0. The number of aromatic amines is 1. The fourth-order valence-corrected chi connectivity index (χ4v) is 2.11. The molecule has 92 valence electrons. The predicted octanol–water partition coefficient (Wildman–Crippen LogP) is 0.184. The number of rotatable bonds is 1. The standard InChI is InChI=1S/C12H17N3O2/c1-8-7-15(5-3-10(8)13)12(17)9-2-4-14-11(16)6-9/h2,4,6,8,10H,3,5,7,13H2,1H3,(H,14,16). The first-order chi connectivity index (χ1) is 8.08. The van der Waals surface area contributed by atoms with Crippen molar-refractivity contribution in [3.8, 4) is 0 Å². The molecular formula is C12H17N3O2. The topological polar surface area (TPSA) is 79.2 Å². The molecule has 2 heterocycles. The minimum absolute atomic E-state index is 0.0881. The number of likely N-dealkylation sites (tertiary alicyclic amines) is 1. The number of carbonyl (C=O) groups excluding carboxylic acids is 1. The van der Waals surface area contributed by atoms with Gasteiger partial charge >= 0.3 is 0 Å². The number of carbonyl (C=O) groups is 1. The van der Waals surface area contributed by atoms with Crippen molar-refractivity contribution in [2.75, 3.05) is 13.1 Å². The van der Waals surface area contributed by atoms with E-state index in [2.05, 4.69) is 4.98 Å². The molecule has 0 aliphatic carbocycles. The molecule has 1 aliphatic rings. The zero-order chi connectivity index (χ0) is 12.4. The van der Waals surface area contributed by atoms with Gasteiger partial charge in [0.25, 0.3) is 5.91 Å². The van der Waals surface area contributed by atoms with Gasteiger partial charge in [0.15, 0.2) is 0 Å². The molecule has 0 spiro atoms. The van der Waals surface area contributed by atoms with E-state index in [4.69, 9.17) is 5.73 Å². The number of nitrogens with two attached hydrogens (primary N) is 1. The number of nitrogens with zero attached hydrogens (tertiary/aromatic N) is 1. The van der Waals surface area contributed by atoms with E-state index in [1.54, 1.807) is 11.0 Å². The smallest absolute Gasteiger partial charge is 0.254 e. The van der Waals surface area contributed by atoms with E-state index in [1.807, 2.05) is 6.92 Å². The monoisotopic (exact) mass is 235 g/mol. The lowest BCUT2D eigenvalue weighted by Gasteiger charge is -2.35. The third-order valence-corrected chi connectivity index (χ3v) is 3.28. The van der Waals surface area contributed by atoms with Crippen LogP contribution >= 0.6 is 0 Å². The normalized spacial score (nSPS) is 24.7. The van der Waals surface area contributed by atoms with Gasteiger partial charge < -0.3 is 15.6 Å². The van der Waals surface area contributed by atoms with Gasteiger partial charge in [0, 0.05) is 37.0 Å². The van der Waals surface area contributed by atoms with Crippen molar-refractivity contribution in [2.24, 2.45) is 11.7 Å². The zero-order valence-corrected chi connectivity index (χ0v) is 9.85. The van der Waals surface area contributed by atoms with Gasteiger partial charge in [-0.1, -0.05) is 6.92 Å². The van der Waals surface area contributed by atoms with Gasteiger partial charge in [-0.2, -0.15) is 0 Å². The van der Waals surface area contributed by atoms with E-state index in [0.717, 1.165) is 6.42 Å². The first-order valence-corrected chi connectivity index (χ1v) is 5.81. The summed E-state index contributed by atoms with van der Waals surface area (Å²) < 4.78 is 0. The lowest BCUT2D eigenvalue weighted by molar-refractivity contribution is 0.0664. The maximum atomic E-state index is 12.1. The molecule has 3 N–H and O–H groups in total. The highest BCUT2D eigenvalue weighted by atomic mass is 16.2. The molecule has 1 saturated heterocycles. The Labute approximate surface area is 99.6 Å². The van der Waals surface area contributed by atoms with Crippen LogP contribution in [0, 0.1) is 5.92 Å². The molecule has 2 atom stereocenters. The van der Waals surface area contributed by atoms with Crippen molar-refractivity contribution in [3.63, 3.8) is 0 Å². The molecule has 1 aromatic heterocycles. The van der Waals surface area contributed by atoms with Crippen LogP contribution in [-0.4, -0.2) is 34.9 Å². The van der Waals surface area contributed by atoms with Crippen molar-refractivity contribution in [2.45, 2.75) is 19.4 Å². The molecule has 1 aromatic rings. The van der Waals surface area contributed by atoms with Crippen LogP contribution in [-0.2, 0) is 0 Å². The Hall–Kier alpha value is -1.62. The first kappa shape index (κ1) is 11.9. The van der Waals surface area contributed by atoms with Crippen molar-refractivity contribution < 1.29 is 4.79 Å². The molecule has 0 saturated carbocycles. The van der Waals surface area contributed by atoms with Gasteiger partial charge in [-0.15, -0.1) is 0 Å². The highest BCUT2D eigenvalue weighted by molar-refractivity contribution is 5.94. The van der Waals surface area contributed by atoms with Gasteiger partial charge in [-0.25, -0.2) is 0 Å². The molecule has 1 fully saturated rings. The number of H-pyrrole nitrogens is 1. The second-order valence-electron chi connectivity index (χ2n) is 4.62. The minimum atomic E-state index is -0.252. The summed E-state index contributed by atoms with van der Waals surface area (Å²) in [6, 6.07) is 3.13. The molecule has 1 amide bonds. The number of aromatic nitrogens is 1. The van der Waals surface area contributed by atoms with Crippen LogP contribution in [0.25, 0.3) is 0 Å². The Morgan fingerprint density at radius 2 is 2.35 bits per heavy atom. The Morgan fingerprint density at radius 1 is 1.59 bits per heavy atom. The minimum Gasteiger partial charge on any atom is -0.338 e. The number of amides is 1. The molecular weight excluding hydrogens is 218 g/mol. The van der Waals surface area contributed by atoms with Crippen LogP contribution in [0.1, 0.15) is 23.7 Å². The third kappa shape index (κ3) is 2.55. The van der Waals surface area contributed by atoms with Crippen LogP contribution in [0.3, 0.4) is 0 Å². The van der Waals surface area contributed by atoms with Gasteiger partial charge in [0.05, 0.1) is 0 Å². The highest BCUT2D eigenvalue weighted by Gasteiger charge is 2.26. The van der Waals surface area contributed by atoms with Gasteiger partial charge in [-0.3, -0.25) is 9.59 Å². The second-order valence-corrected chi connectivity index (χ2v) is 4.62. The predicted molar refractivity (Wildman–Crippen MR) is 64.7 cm³/mol. The van der Waals surface area contributed by atoms with E-state index in [0.29, 0.717) is 24.6 Å². The van der Waals surface area contributed by atoms with E-state index < -0.39 is 0 Å². The number of hydrogen-bond acceptors (Lipinski definition) is 3. The molecule has 5 heteroatoms. The Balaban J connectivity index is 2.13. The highest BCUT2D eigenvalue weighted by Crippen LogP contribution is 2.16. The Bertz CT molecular complexity index is 469. The van der Waals surface area contributed by atoms with Crippen molar-refractivity contribution >= 4 is 5.91 Å². The largest absolute Gasteiger partial charge is 0.338 e. The average Bonchev–Trinajstić information content (AvgIpc) is 2.32. The Morgan fingerprint density at radius 3 is 3.00 bits per heavy atom. The van der Waals surface area contributed by atoms with Gasteiger partial charge in [0.1, 0.15) is 0 Å². The molecule has 2 unspecified atom stereocenters. The van der Waals surface area contributed by atoms with E-state index >= 15 is 0 Å². The number of hydrogen-bond donors (Lipinski definition) is 2. The maximum Gasteiger partial charge on any atom is 0.254 e. The van der Waals surface area contributed by atoms with E-state index in [9.17, 15) is 9.59 Å². The van der Waals surface area contributed by atoms with Gasteiger partial charge in [-0.05, 0) is 18.4 Å². The van der Waals surface area contributed by atoms with Gasteiger partial charge in [0.2, 0.25) is 5.56 Å². The summed E-state index contributed by atoms with van der Waals surface area (Å²) in [6.45, 7) is 3.37.